The van der Waals surface area contributed by atoms with Gasteiger partial charge in [0.2, 0.25) is 0 Å². The summed E-state index contributed by atoms with van der Waals surface area (Å²) in [4.78, 5) is 1.86. The van der Waals surface area contributed by atoms with Crippen molar-refractivity contribution in [1.29, 1.82) is 0 Å². The molecule has 1 aromatic carbocycles. The zero-order valence-electron chi connectivity index (χ0n) is 10.9. The molecule has 0 bridgehead atoms. The summed E-state index contributed by atoms with van der Waals surface area (Å²) in [6.45, 7) is 4.39. The van der Waals surface area contributed by atoms with Crippen molar-refractivity contribution in [2.75, 3.05) is 25.7 Å². The van der Waals surface area contributed by atoms with E-state index in [0.717, 1.165) is 5.56 Å². The van der Waals surface area contributed by atoms with Crippen LogP contribution < -0.4 is 10.6 Å². The van der Waals surface area contributed by atoms with Crippen LogP contribution in [0.4, 0.5) is 10.1 Å². The monoisotopic (exact) mass is 240 g/mol. The van der Waals surface area contributed by atoms with Gasteiger partial charge in [0.1, 0.15) is 5.82 Å². The van der Waals surface area contributed by atoms with Crippen molar-refractivity contribution < 1.29 is 9.13 Å². The zero-order valence-corrected chi connectivity index (χ0v) is 10.9. The highest BCUT2D eigenvalue weighted by atomic mass is 19.1. The lowest BCUT2D eigenvalue weighted by Gasteiger charge is -2.27. The van der Waals surface area contributed by atoms with Crippen LogP contribution in [0.25, 0.3) is 0 Å². The minimum absolute atomic E-state index is 0.121. The van der Waals surface area contributed by atoms with Gasteiger partial charge in [-0.05, 0) is 31.5 Å². The van der Waals surface area contributed by atoms with E-state index in [1.807, 2.05) is 31.9 Å². The van der Waals surface area contributed by atoms with E-state index in [-0.39, 0.29) is 17.9 Å². The van der Waals surface area contributed by atoms with Crippen LogP contribution in [-0.2, 0) is 4.74 Å². The fraction of sp³-hybridized carbons (Fsp3) is 0.538. The summed E-state index contributed by atoms with van der Waals surface area (Å²) in [7, 11) is 3.49. The molecule has 3 nitrogen and oxygen atoms in total. The van der Waals surface area contributed by atoms with Gasteiger partial charge in [0, 0.05) is 26.2 Å². The van der Waals surface area contributed by atoms with E-state index in [9.17, 15) is 4.39 Å². The number of likely N-dealkylation sites (N-methyl/N-ethyl adjacent to an activating group) is 1. The van der Waals surface area contributed by atoms with Gasteiger partial charge in [-0.3, -0.25) is 0 Å². The number of hydrogen-bond acceptors (Lipinski definition) is 3. The minimum Gasteiger partial charge on any atom is -0.383 e. The van der Waals surface area contributed by atoms with Crippen LogP contribution in [0.2, 0.25) is 0 Å². The predicted octanol–water partition coefficient (Wildman–Crippen LogP) is 2.32. The van der Waals surface area contributed by atoms with Gasteiger partial charge >= 0.3 is 0 Å². The fourth-order valence-corrected chi connectivity index (χ4v) is 1.68. The maximum absolute atomic E-state index is 13.9. The van der Waals surface area contributed by atoms with E-state index < -0.39 is 0 Å². The number of methoxy groups -OCH3 is 1. The topological polar surface area (TPSA) is 38.5 Å². The van der Waals surface area contributed by atoms with Gasteiger partial charge in [-0.2, -0.15) is 0 Å². The molecule has 0 radical (unpaired) electrons. The van der Waals surface area contributed by atoms with E-state index in [4.69, 9.17) is 10.5 Å². The van der Waals surface area contributed by atoms with Crippen molar-refractivity contribution in [1.82, 2.24) is 0 Å². The number of hydrogen-bond donors (Lipinski definition) is 1. The van der Waals surface area contributed by atoms with Gasteiger partial charge in [-0.25, -0.2) is 4.39 Å². The Morgan fingerprint density at radius 1 is 1.41 bits per heavy atom. The molecule has 0 amide bonds. The number of nitrogens with two attached hydrogens (primary N) is 1. The summed E-state index contributed by atoms with van der Waals surface area (Å²) in [6, 6.07) is 5.09. The van der Waals surface area contributed by atoms with Crippen LogP contribution in [0.3, 0.4) is 0 Å². The number of ether oxygens (including phenoxy) is 1. The van der Waals surface area contributed by atoms with E-state index in [1.54, 1.807) is 13.2 Å². The predicted molar refractivity (Wildman–Crippen MR) is 68.7 cm³/mol. The Morgan fingerprint density at radius 3 is 2.53 bits per heavy atom. The molecule has 96 valence electrons. The summed E-state index contributed by atoms with van der Waals surface area (Å²) in [5.41, 5.74) is 7.09. The number of benzene rings is 1. The molecule has 0 spiro atoms. The molecule has 0 heterocycles. The molecule has 1 aromatic rings. The highest BCUT2D eigenvalue weighted by Gasteiger charge is 2.14. The minimum atomic E-state index is -0.245. The zero-order chi connectivity index (χ0) is 13.0. The molecule has 0 aliphatic rings. The Balaban J connectivity index is 2.91. The molecule has 17 heavy (non-hydrogen) atoms. The van der Waals surface area contributed by atoms with Crippen molar-refractivity contribution in [3.8, 4) is 0 Å². The Labute approximate surface area is 102 Å². The molecule has 0 aliphatic heterocycles. The Morgan fingerprint density at radius 2 is 2.06 bits per heavy atom. The van der Waals surface area contributed by atoms with Gasteiger partial charge in [-0.15, -0.1) is 0 Å². The largest absolute Gasteiger partial charge is 0.383 e. The summed E-state index contributed by atoms with van der Waals surface area (Å²) >= 11 is 0. The summed E-state index contributed by atoms with van der Waals surface area (Å²) in [6.07, 6.45) is 0. The van der Waals surface area contributed by atoms with Crippen LogP contribution in [0, 0.1) is 5.82 Å². The van der Waals surface area contributed by atoms with E-state index >= 15 is 0 Å². The molecular weight excluding hydrogens is 219 g/mol. The van der Waals surface area contributed by atoms with E-state index in [1.165, 1.54) is 6.07 Å². The molecule has 0 fully saturated rings. The molecule has 0 saturated heterocycles. The Hall–Kier alpha value is -1.13. The standard InChI is InChI=1S/C13H21FN2O/c1-9(8-17-4)16(3)13-6-5-11(10(2)15)7-12(13)14/h5-7,9-10H,8,15H2,1-4H3/t9?,10-/m1/s1. The maximum Gasteiger partial charge on any atom is 0.146 e. The Bertz CT molecular complexity index is 368. The summed E-state index contributed by atoms with van der Waals surface area (Å²) in [5, 5.41) is 0. The molecule has 2 atom stereocenters. The van der Waals surface area contributed by atoms with Crippen molar-refractivity contribution in [3.05, 3.63) is 29.6 Å². The van der Waals surface area contributed by atoms with Crippen LogP contribution in [-0.4, -0.2) is 26.8 Å². The molecule has 0 aliphatic carbocycles. The first kappa shape index (κ1) is 13.9. The summed E-state index contributed by atoms with van der Waals surface area (Å²) < 4.78 is 19.0. The molecule has 2 N–H and O–H groups in total. The van der Waals surface area contributed by atoms with Gasteiger partial charge < -0.3 is 15.4 Å². The first-order chi connectivity index (χ1) is 7.97. The third-order valence-corrected chi connectivity index (χ3v) is 2.95. The van der Waals surface area contributed by atoms with Crippen LogP contribution in [0.15, 0.2) is 18.2 Å². The average molecular weight is 240 g/mol. The van der Waals surface area contributed by atoms with Gasteiger partial charge in [-0.1, -0.05) is 6.07 Å². The van der Waals surface area contributed by atoms with Crippen LogP contribution in [0.1, 0.15) is 25.5 Å². The molecule has 0 saturated carbocycles. The quantitative estimate of drug-likeness (QED) is 0.858. The van der Waals surface area contributed by atoms with Crippen molar-refractivity contribution in [2.45, 2.75) is 25.9 Å². The third kappa shape index (κ3) is 3.41. The molecule has 4 heteroatoms. The fourth-order valence-electron chi connectivity index (χ4n) is 1.68. The first-order valence-corrected chi connectivity index (χ1v) is 5.74. The smallest absolute Gasteiger partial charge is 0.146 e. The molecule has 1 unspecified atom stereocenters. The van der Waals surface area contributed by atoms with E-state index in [2.05, 4.69) is 0 Å². The number of halogens is 1. The maximum atomic E-state index is 13.9. The lowest BCUT2D eigenvalue weighted by molar-refractivity contribution is 0.183. The number of nitrogens with zero attached hydrogens (tertiary/aromatic N) is 1. The second kappa shape index (κ2) is 5.98. The van der Waals surface area contributed by atoms with Gasteiger partial charge in [0.05, 0.1) is 12.3 Å². The van der Waals surface area contributed by atoms with Crippen molar-refractivity contribution in [2.24, 2.45) is 5.73 Å². The Kier molecular flexibility index (Phi) is 4.90. The molecular formula is C13H21FN2O. The second-order valence-electron chi connectivity index (χ2n) is 4.41. The van der Waals surface area contributed by atoms with Gasteiger partial charge in [0.15, 0.2) is 0 Å². The van der Waals surface area contributed by atoms with E-state index in [0.29, 0.717) is 12.3 Å². The van der Waals surface area contributed by atoms with Crippen molar-refractivity contribution >= 4 is 5.69 Å². The molecule has 0 aromatic heterocycles. The highest BCUT2D eigenvalue weighted by molar-refractivity contribution is 5.49. The lowest BCUT2D eigenvalue weighted by atomic mass is 10.1. The van der Waals surface area contributed by atoms with Crippen LogP contribution >= 0.6 is 0 Å². The van der Waals surface area contributed by atoms with Crippen LogP contribution in [0.5, 0.6) is 0 Å². The number of rotatable bonds is 5. The normalized spacial score (nSPS) is 14.5. The lowest BCUT2D eigenvalue weighted by Crippen LogP contribution is -2.33. The second-order valence-corrected chi connectivity index (χ2v) is 4.41. The van der Waals surface area contributed by atoms with Gasteiger partial charge in [0.25, 0.3) is 0 Å². The SMILES string of the molecule is COCC(C)N(C)c1ccc([C@@H](C)N)cc1F. The third-order valence-electron chi connectivity index (χ3n) is 2.95. The first-order valence-electron chi connectivity index (χ1n) is 5.74. The highest BCUT2D eigenvalue weighted by Crippen LogP contribution is 2.23. The summed E-state index contributed by atoms with van der Waals surface area (Å²) in [5.74, 6) is -0.245. The van der Waals surface area contributed by atoms with Crippen molar-refractivity contribution in [3.63, 3.8) is 0 Å². The average Bonchev–Trinajstić information content (AvgIpc) is 2.28. The molecule has 1 rings (SSSR count). The number of anilines is 1.